The lowest BCUT2D eigenvalue weighted by Gasteiger charge is -2.15. The number of imidazole rings is 1. The fourth-order valence-corrected chi connectivity index (χ4v) is 2.62. The first-order chi connectivity index (χ1) is 9.89. The van der Waals surface area contributed by atoms with Crippen LogP contribution in [0.1, 0.15) is 0 Å². The zero-order valence-electron chi connectivity index (χ0n) is 11.1. The summed E-state index contributed by atoms with van der Waals surface area (Å²) >= 11 is 0. The SMILES string of the molecule is CN(CC(=O)Nc1cccc(F)c1)S(=O)(=O)c1cnc[nH]1. The molecule has 0 aliphatic heterocycles. The molecule has 0 saturated carbocycles. The van der Waals surface area contributed by atoms with Gasteiger partial charge in [-0.05, 0) is 18.2 Å². The quantitative estimate of drug-likeness (QED) is 0.854. The molecule has 0 spiro atoms. The van der Waals surface area contributed by atoms with Crippen LogP contribution in [0, 0.1) is 5.82 Å². The molecule has 0 saturated heterocycles. The zero-order valence-corrected chi connectivity index (χ0v) is 11.9. The number of carbonyl (C=O) groups is 1. The highest BCUT2D eigenvalue weighted by Gasteiger charge is 2.24. The minimum Gasteiger partial charge on any atom is -0.335 e. The minimum absolute atomic E-state index is 0.108. The first kappa shape index (κ1) is 15.1. The van der Waals surface area contributed by atoms with E-state index in [4.69, 9.17) is 0 Å². The van der Waals surface area contributed by atoms with Crippen LogP contribution in [0.15, 0.2) is 41.8 Å². The van der Waals surface area contributed by atoms with Crippen molar-refractivity contribution in [1.82, 2.24) is 14.3 Å². The Hall–Kier alpha value is -2.26. The molecule has 0 bridgehead atoms. The lowest BCUT2D eigenvalue weighted by atomic mass is 10.3. The summed E-state index contributed by atoms with van der Waals surface area (Å²) in [4.78, 5) is 17.9. The molecule has 0 unspecified atom stereocenters. The predicted molar refractivity (Wildman–Crippen MR) is 73.4 cm³/mol. The van der Waals surface area contributed by atoms with Crippen molar-refractivity contribution in [3.63, 3.8) is 0 Å². The normalized spacial score (nSPS) is 11.6. The molecule has 0 atom stereocenters. The van der Waals surface area contributed by atoms with Crippen molar-refractivity contribution >= 4 is 21.6 Å². The largest absolute Gasteiger partial charge is 0.335 e. The second-order valence-electron chi connectivity index (χ2n) is 4.24. The van der Waals surface area contributed by atoms with Crippen LogP contribution in [-0.2, 0) is 14.8 Å². The van der Waals surface area contributed by atoms with Crippen molar-refractivity contribution in [2.24, 2.45) is 0 Å². The number of sulfonamides is 1. The molecular formula is C12H13FN4O3S. The highest BCUT2D eigenvalue weighted by atomic mass is 32.2. The summed E-state index contributed by atoms with van der Waals surface area (Å²) < 4.78 is 38.0. The summed E-state index contributed by atoms with van der Waals surface area (Å²) in [6.07, 6.45) is 2.38. The van der Waals surface area contributed by atoms with Gasteiger partial charge >= 0.3 is 0 Å². The third-order valence-corrected chi connectivity index (χ3v) is 4.36. The Kier molecular flexibility index (Phi) is 4.34. The maximum Gasteiger partial charge on any atom is 0.260 e. The second kappa shape index (κ2) is 6.02. The standard InChI is InChI=1S/C12H13FN4O3S/c1-17(21(19,20)12-6-14-8-15-12)7-11(18)16-10-4-2-3-9(13)5-10/h2-6,8H,7H2,1H3,(H,14,15)(H,16,18). The van der Waals surface area contributed by atoms with Crippen LogP contribution >= 0.6 is 0 Å². The number of amides is 1. The number of likely N-dealkylation sites (N-methyl/N-ethyl adjacent to an activating group) is 1. The lowest BCUT2D eigenvalue weighted by Crippen LogP contribution is -2.35. The Morgan fingerprint density at radius 2 is 2.24 bits per heavy atom. The van der Waals surface area contributed by atoms with Gasteiger partial charge in [-0.2, -0.15) is 4.31 Å². The van der Waals surface area contributed by atoms with Gasteiger partial charge in [-0.15, -0.1) is 0 Å². The van der Waals surface area contributed by atoms with Crippen LogP contribution in [0.4, 0.5) is 10.1 Å². The Bertz CT molecular complexity index is 731. The van der Waals surface area contributed by atoms with Gasteiger partial charge in [0.2, 0.25) is 5.91 Å². The van der Waals surface area contributed by atoms with E-state index >= 15 is 0 Å². The van der Waals surface area contributed by atoms with E-state index in [0.717, 1.165) is 16.6 Å². The van der Waals surface area contributed by atoms with Crippen molar-refractivity contribution in [3.05, 3.63) is 42.6 Å². The maximum absolute atomic E-state index is 13.0. The van der Waals surface area contributed by atoms with Crippen molar-refractivity contribution < 1.29 is 17.6 Å². The summed E-state index contributed by atoms with van der Waals surface area (Å²) in [6.45, 7) is -0.405. The molecule has 0 fully saturated rings. The fourth-order valence-electron chi connectivity index (χ4n) is 1.61. The smallest absolute Gasteiger partial charge is 0.260 e. The van der Waals surface area contributed by atoms with Gasteiger partial charge in [0.25, 0.3) is 10.0 Å². The van der Waals surface area contributed by atoms with Crippen LogP contribution in [0.25, 0.3) is 0 Å². The highest BCUT2D eigenvalue weighted by molar-refractivity contribution is 7.89. The average Bonchev–Trinajstić information content (AvgIpc) is 2.92. The number of anilines is 1. The molecule has 112 valence electrons. The van der Waals surface area contributed by atoms with E-state index < -0.39 is 28.3 Å². The van der Waals surface area contributed by atoms with E-state index in [-0.39, 0.29) is 10.7 Å². The first-order valence-electron chi connectivity index (χ1n) is 5.90. The van der Waals surface area contributed by atoms with Gasteiger partial charge in [0, 0.05) is 12.7 Å². The molecule has 2 rings (SSSR count). The molecule has 9 heteroatoms. The van der Waals surface area contributed by atoms with Gasteiger partial charge in [-0.25, -0.2) is 17.8 Å². The van der Waals surface area contributed by atoms with E-state index in [1.54, 1.807) is 0 Å². The summed E-state index contributed by atoms with van der Waals surface area (Å²) in [6, 6.07) is 5.33. The zero-order chi connectivity index (χ0) is 15.5. The van der Waals surface area contributed by atoms with Crippen LogP contribution in [0.3, 0.4) is 0 Å². The van der Waals surface area contributed by atoms with Gasteiger partial charge in [0.1, 0.15) is 5.82 Å². The van der Waals surface area contributed by atoms with Crippen LogP contribution in [0.5, 0.6) is 0 Å². The van der Waals surface area contributed by atoms with Crippen molar-refractivity contribution in [2.45, 2.75) is 5.03 Å². The minimum atomic E-state index is -3.81. The Morgan fingerprint density at radius 1 is 1.48 bits per heavy atom. The van der Waals surface area contributed by atoms with E-state index in [0.29, 0.717) is 0 Å². The molecule has 1 heterocycles. The summed E-state index contributed by atoms with van der Waals surface area (Å²) in [7, 11) is -2.55. The number of rotatable bonds is 5. The summed E-state index contributed by atoms with van der Waals surface area (Å²) in [5.41, 5.74) is 0.257. The van der Waals surface area contributed by atoms with Crippen molar-refractivity contribution in [1.29, 1.82) is 0 Å². The number of H-pyrrole nitrogens is 1. The number of aromatic amines is 1. The maximum atomic E-state index is 13.0. The average molecular weight is 312 g/mol. The van der Waals surface area contributed by atoms with Gasteiger partial charge in [0.05, 0.1) is 19.1 Å². The van der Waals surface area contributed by atoms with Gasteiger partial charge in [-0.1, -0.05) is 6.07 Å². The third kappa shape index (κ3) is 3.64. The molecule has 7 nitrogen and oxygen atoms in total. The number of halogens is 1. The monoisotopic (exact) mass is 312 g/mol. The molecular weight excluding hydrogens is 299 g/mol. The Balaban J connectivity index is 2.03. The number of carbonyl (C=O) groups excluding carboxylic acids is 1. The van der Waals surface area contributed by atoms with Gasteiger partial charge in [0.15, 0.2) is 5.03 Å². The molecule has 2 aromatic rings. The number of benzene rings is 1. The molecule has 0 aliphatic carbocycles. The van der Waals surface area contributed by atoms with E-state index in [1.807, 2.05) is 0 Å². The molecule has 1 amide bonds. The summed E-state index contributed by atoms with van der Waals surface area (Å²) in [5.74, 6) is -1.07. The van der Waals surface area contributed by atoms with Crippen LogP contribution in [0.2, 0.25) is 0 Å². The number of nitrogens with zero attached hydrogens (tertiary/aromatic N) is 2. The lowest BCUT2D eigenvalue weighted by molar-refractivity contribution is -0.116. The number of hydrogen-bond acceptors (Lipinski definition) is 4. The number of nitrogens with one attached hydrogen (secondary N) is 2. The topological polar surface area (TPSA) is 95.2 Å². The molecule has 1 aromatic carbocycles. The number of hydrogen-bond donors (Lipinski definition) is 2. The predicted octanol–water partition coefficient (Wildman–Crippen LogP) is 0.808. The van der Waals surface area contributed by atoms with Crippen LogP contribution < -0.4 is 5.32 Å². The molecule has 0 radical (unpaired) electrons. The Morgan fingerprint density at radius 3 is 2.86 bits per heavy atom. The van der Waals surface area contributed by atoms with Gasteiger partial charge in [-0.3, -0.25) is 4.79 Å². The van der Waals surface area contributed by atoms with Gasteiger partial charge < -0.3 is 10.3 Å². The fraction of sp³-hybridized carbons (Fsp3) is 0.167. The van der Waals surface area contributed by atoms with Crippen molar-refractivity contribution in [3.8, 4) is 0 Å². The van der Waals surface area contributed by atoms with E-state index in [2.05, 4.69) is 15.3 Å². The number of aromatic nitrogens is 2. The summed E-state index contributed by atoms with van der Waals surface area (Å²) in [5, 5.41) is 2.31. The highest BCUT2D eigenvalue weighted by Crippen LogP contribution is 2.11. The third-order valence-electron chi connectivity index (χ3n) is 2.64. The second-order valence-corrected chi connectivity index (χ2v) is 6.25. The molecule has 1 aromatic heterocycles. The van der Waals surface area contributed by atoms with Crippen LogP contribution in [-0.4, -0.2) is 42.2 Å². The molecule has 21 heavy (non-hydrogen) atoms. The van der Waals surface area contributed by atoms with E-state index in [1.165, 1.54) is 31.6 Å². The van der Waals surface area contributed by atoms with E-state index in [9.17, 15) is 17.6 Å². The molecule has 0 aliphatic rings. The molecule has 2 N–H and O–H groups in total. The van der Waals surface area contributed by atoms with Crippen molar-refractivity contribution in [2.75, 3.05) is 18.9 Å². The Labute approximate surface area is 120 Å². The first-order valence-corrected chi connectivity index (χ1v) is 7.34.